The van der Waals surface area contributed by atoms with Gasteiger partial charge in [-0.1, -0.05) is 71.1 Å². The van der Waals surface area contributed by atoms with Crippen LogP contribution in [0.15, 0.2) is 54.6 Å². The number of halogens is 1. The van der Waals surface area contributed by atoms with Gasteiger partial charge in [0.15, 0.2) is 0 Å². The Hall–Kier alpha value is -1.56. The van der Waals surface area contributed by atoms with E-state index in [-0.39, 0.29) is 0 Å². The number of carboxylic acids is 1. The maximum absolute atomic E-state index is 11.1. The third kappa shape index (κ3) is 3.70. The molecule has 0 fully saturated rings. The Morgan fingerprint density at radius 3 is 2.42 bits per heavy atom. The molecule has 0 saturated heterocycles. The second kappa shape index (κ2) is 6.56. The minimum atomic E-state index is -0.864. The SMILES string of the molecule is O=C(O)C(I)c1ccccc1OCc1ccccc1. The first kappa shape index (κ1) is 13.9. The van der Waals surface area contributed by atoms with Crippen molar-refractivity contribution in [2.75, 3.05) is 0 Å². The van der Waals surface area contributed by atoms with E-state index >= 15 is 0 Å². The third-order valence-electron chi connectivity index (χ3n) is 2.65. The van der Waals surface area contributed by atoms with Crippen LogP contribution in [0.25, 0.3) is 0 Å². The molecule has 1 unspecified atom stereocenters. The summed E-state index contributed by atoms with van der Waals surface area (Å²) >= 11 is 1.90. The molecule has 4 heteroatoms. The molecule has 3 nitrogen and oxygen atoms in total. The summed E-state index contributed by atoms with van der Waals surface area (Å²) in [6, 6.07) is 17.0. The van der Waals surface area contributed by atoms with E-state index in [9.17, 15) is 4.79 Å². The summed E-state index contributed by atoms with van der Waals surface area (Å²) in [6.07, 6.45) is 0. The van der Waals surface area contributed by atoms with Crippen molar-refractivity contribution in [3.8, 4) is 5.75 Å². The second-order valence-corrected chi connectivity index (χ2v) is 5.26. The first-order valence-electron chi connectivity index (χ1n) is 5.81. The van der Waals surface area contributed by atoms with Crippen LogP contribution in [0.3, 0.4) is 0 Å². The van der Waals surface area contributed by atoms with Crippen molar-refractivity contribution in [1.82, 2.24) is 0 Å². The molecule has 0 aliphatic carbocycles. The zero-order valence-corrected chi connectivity index (χ0v) is 12.3. The molecule has 0 aromatic heterocycles. The Kier molecular flexibility index (Phi) is 4.79. The second-order valence-electron chi connectivity index (χ2n) is 4.01. The van der Waals surface area contributed by atoms with Crippen LogP contribution in [0, 0.1) is 0 Å². The molecule has 2 rings (SSSR count). The molecule has 2 aromatic rings. The molecule has 0 heterocycles. The van der Waals surface area contributed by atoms with Crippen molar-refractivity contribution in [2.24, 2.45) is 0 Å². The van der Waals surface area contributed by atoms with Crippen LogP contribution < -0.4 is 4.74 Å². The Bertz CT molecular complexity index is 554. The minimum absolute atomic E-state index is 0.431. The summed E-state index contributed by atoms with van der Waals surface area (Å²) in [7, 11) is 0. The van der Waals surface area contributed by atoms with Gasteiger partial charge >= 0.3 is 5.97 Å². The molecule has 2 aromatic carbocycles. The Morgan fingerprint density at radius 1 is 1.11 bits per heavy atom. The largest absolute Gasteiger partial charge is 0.489 e. The van der Waals surface area contributed by atoms with Gasteiger partial charge in [-0.2, -0.15) is 0 Å². The first-order valence-corrected chi connectivity index (χ1v) is 7.05. The molecule has 0 amide bonds. The Morgan fingerprint density at radius 2 is 1.74 bits per heavy atom. The van der Waals surface area contributed by atoms with Gasteiger partial charge in [0, 0.05) is 5.56 Å². The van der Waals surface area contributed by atoms with E-state index in [4.69, 9.17) is 9.84 Å². The molecule has 0 spiro atoms. The van der Waals surface area contributed by atoms with Crippen LogP contribution in [-0.4, -0.2) is 11.1 Å². The van der Waals surface area contributed by atoms with Crippen molar-refractivity contribution in [3.05, 3.63) is 65.7 Å². The highest BCUT2D eigenvalue weighted by atomic mass is 127. The fourth-order valence-corrected chi connectivity index (χ4v) is 2.20. The maximum Gasteiger partial charge on any atom is 0.321 e. The number of benzene rings is 2. The maximum atomic E-state index is 11.1. The van der Waals surface area contributed by atoms with Crippen LogP contribution in [0.2, 0.25) is 0 Å². The molecule has 98 valence electrons. The summed E-state index contributed by atoms with van der Waals surface area (Å²) in [6.45, 7) is 0.431. The van der Waals surface area contributed by atoms with Crippen LogP contribution in [-0.2, 0) is 11.4 Å². The van der Waals surface area contributed by atoms with Gasteiger partial charge < -0.3 is 9.84 Å². The molecule has 1 atom stereocenters. The lowest BCUT2D eigenvalue weighted by Gasteiger charge is -2.13. The van der Waals surface area contributed by atoms with Gasteiger partial charge in [0.05, 0.1) is 0 Å². The van der Waals surface area contributed by atoms with E-state index < -0.39 is 9.89 Å². The fraction of sp³-hybridized carbons (Fsp3) is 0.133. The van der Waals surface area contributed by atoms with Gasteiger partial charge in [0.1, 0.15) is 16.3 Å². The van der Waals surface area contributed by atoms with Crippen molar-refractivity contribution in [1.29, 1.82) is 0 Å². The number of carboxylic acid groups (broad SMARTS) is 1. The van der Waals surface area contributed by atoms with Crippen molar-refractivity contribution in [3.63, 3.8) is 0 Å². The van der Waals surface area contributed by atoms with Gasteiger partial charge in [-0.05, 0) is 11.6 Å². The number of carbonyl (C=O) groups is 1. The summed E-state index contributed by atoms with van der Waals surface area (Å²) < 4.78 is 5.12. The molecular formula is C15H13IO3. The number of hydrogen-bond acceptors (Lipinski definition) is 2. The predicted molar refractivity (Wildman–Crippen MR) is 81.6 cm³/mol. The molecule has 1 N–H and O–H groups in total. The number of alkyl halides is 1. The lowest BCUT2D eigenvalue weighted by molar-refractivity contribution is -0.136. The van der Waals surface area contributed by atoms with E-state index in [2.05, 4.69) is 0 Å². The number of rotatable bonds is 5. The topological polar surface area (TPSA) is 46.5 Å². The highest BCUT2D eigenvalue weighted by Crippen LogP contribution is 2.32. The highest BCUT2D eigenvalue weighted by Gasteiger charge is 2.19. The third-order valence-corrected chi connectivity index (χ3v) is 3.85. The van der Waals surface area contributed by atoms with Gasteiger partial charge in [-0.3, -0.25) is 4.79 Å². The lowest BCUT2D eigenvalue weighted by Crippen LogP contribution is -2.07. The molecular weight excluding hydrogens is 355 g/mol. The normalized spacial score (nSPS) is 11.8. The molecule has 0 radical (unpaired) electrons. The quantitative estimate of drug-likeness (QED) is 0.645. The minimum Gasteiger partial charge on any atom is -0.489 e. The standard InChI is InChI=1S/C15H13IO3/c16-14(15(17)18)12-8-4-5-9-13(12)19-10-11-6-2-1-3-7-11/h1-9,14H,10H2,(H,17,18). The van der Waals surface area contributed by atoms with Gasteiger partial charge in [0.2, 0.25) is 0 Å². The summed E-state index contributed by atoms with van der Waals surface area (Å²) in [4.78, 5) is 11.1. The van der Waals surface area contributed by atoms with Crippen LogP contribution >= 0.6 is 22.6 Å². The van der Waals surface area contributed by atoms with Gasteiger partial charge in [-0.15, -0.1) is 0 Å². The van der Waals surface area contributed by atoms with E-state index in [1.807, 2.05) is 65.1 Å². The van der Waals surface area contributed by atoms with Crippen molar-refractivity contribution < 1.29 is 14.6 Å². The smallest absolute Gasteiger partial charge is 0.321 e. The molecule has 0 bridgehead atoms. The van der Waals surface area contributed by atoms with E-state index in [0.717, 1.165) is 5.56 Å². The van der Waals surface area contributed by atoms with E-state index in [1.54, 1.807) is 12.1 Å². The number of aliphatic carboxylic acids is 1. The van der Waals surface area contributed by atoms with Crippen LogP contribution in [0.4, 0.5) is 0 Å². The molecule has 0 aliphatic heterocycles. The van der Waals surface area contributed by atoms with E-state index in [1.165, 1.54) is 0 Å². The van der Waals surface area contributed by atoms with Gasteiger partial charge in [-0.25, -0.2) is 0 Å². The molecule has 19 heavy (non-hydrogen) atoms. The zero-order valence-electron chi connectivity index (χ0n) is 10.1. The Balaban J connectivity index is 2.14. The summed E-state index contributed by atoms with van der Waals surface area (Å²) in [5, 5.41) is 9.08. The summed E-state index contributed by atoms with van der Waals surface area (Å²) in [5.74, 6) is -0.246. The van der Waals surface area contributed by atoms with Gasteiger partial charge in [0.25, 0.3) is 0 Å². The zero-order chi connectivity index (χ0) is 13.7. The number of hydrogen-bond donors (Lipinski definition) is 1. The van der Waals surface area contributed by atoms with Crippen molar-refractivity contribution in [2.45, 2.75) is 10.5 Å². The monoisotopic (exact) mass is 368 g/mol. The molecule has 0 aliphatic rings. The first-order chi connectivity index (χ1) is 9.18. The van der Waals surface area contributed by atoms with Crippen molar-refractivity contribution >= 4 is 28.6 Å². The molecule has 0 saturated carbocycles. The summed E-state index contributed by atoms with van der Waals surface area (Å²) in [5.41, 5.74) is 1.74. The average molecular weight is 368 g/mol. The van der Waals surface area contributed by atoms with Crippen LogP contribution in [0.1, 0.15) is 15.1 Å². The Labute approximate surface area is 125 Å². The predicted octanol–water partition coefficient (Wildman–Crippen LogP) is 3.83. The lowest BCUT2D eigenvalue weighted by atomic mass is 10.1. The highest BCUT2D eigenvalue weighted by molar-refractivity contribution is 14.1. The van der Waals surface area contributed by atoms with Crippen LogP contribution in [0.5, 0.6) is 5.75 Å². The van der Waals surface area contributed by atoms with E-state index in [0.29, 0.717) is 17.9 Å². The average Bonchev–Trinajstić information content (AvgIpc) is 2.45. The number of para-hydroxylation sites is 1. The fourth-order valence-electron chi connectivity index (χ4n) is 1.69. The number of ether oxygens (including phenoxy) is 1.